The molecular weight excluding hydrogens is 332 g/mol. The summed E-state index contributed by atoms with van der Waals surface area (Å²) in [7, 11) is 0. The van der Waals surface area contributed by atoms with Crippen LogP contribution in [0, 0.1) is 0 Å². The lowest BCUT2D eigenvalue weighted by Gasteiger charge is -2.09. The molecule has 104 valence electrons. The van der Waals surface area contributed by atoms with Crippen molar-refractivity contribution in [3.63, 3.8) is 0 Å². The van der Waals surface area contributed by atoms with Crippen molar-refractivity contribution in [3.8, 4) is 0 Å². The summed E-state index contributed by atoms with van der Waals surface area (Å²) in [6.07, 6.45) is 2.90. The summed E-state index contributed by atoms with van der Waals surface area (Å²) in [5, 5.41) is 14.2. The minimum atomic E-state index is -1.03. The smallest absolute Gasteiger partial charge is 0.335 e. The summed E-state index contributed by atoms with van der Waals surface area (Å²) in [6, 6.07) is 4.12. The van der Waals surface area contributed by atoms with Gasteiger partial charge in [0.2, 0.25) is 0 Å². The maximum atomic E-state index is 11.6. The third-order valence-corrected chi connectivity index (χ3v) is 3.66. The van der Waals surface area contributed by atoms with Crippen LogP contribution in [0.15, 0.2) is 22.7 Å². The van der Waals surface area contributed by atoms with Crippen LogP contribution in [0.25, 0.3) is 0 Å². The van der Waals surface area contributed by atoms with Gasteiger partial charge in [0.05, 0.1) is 11.3 Å². The van der Waals surface area contributed by atoms with Gasteiger partial charge in [-0.15, -0.1) is 0 Å². The van der Waals surface area contributed by atoms with Gasteiger partial charge < -0.3 is 15.7 Å². The van der Waals surface area contributed by atoms with E-state index in [0.29, 0.717) is 16.7 Å². The highest BCUT2D eigenvalue weighted by Gasteiger charge is 2.09. The lowest BCUT2D eigenvalue weighted by atomic mass is 10.2. The number of aromatic carboxylic acids is 1. The Kier molecular flexibility index (Phi) is 6.72. The first kappa shape index (κ1) is 15.8. The molecule has 0 unspecified atom stereocenters. The number of carboxylic acids is 1. The Morgan fingerprint density at radius 2 is 2.16 bits per heavy atom. The number of rotatable bonds is 6. The van der Waals surface area contributed by atoms with Crippen LogP contribution in [0.2, 0.25) is 0 Å². The quantitative estimate of drug-likeness (QED) is 0.691. The molecule has 0 aliphatic carbocycles. The van der Waals surface area contributed by atoms with Crippen molar-refractivity contribution in [1.82, 2.24) is 5.32 Å². The normalized spacial score (nSPS) is 10.0. The Bertz CT molecular complexity index is 468. The van der Waals surface area contributed by atoms with Crippen LogP contribution < -0.4 is 10.6 Å². The van der Waals surface area contributed by atoms with Crippen molar-refractivity contribution in [3.05, 3.63) is 28.2 Å². The van der Waals surface area contributed by atoms with Gasteiger partial charge in [-0.25, -0.2) is 9.59 Å². The first-order chi connectivity index (χ1) is 9.04. The number of thioether (sulfide) groups is 1. The average molecular weight is 347 g/mol. The van der Waals surface area contributed by atoms with E-state index in [4.69, 9.17) is 5.11 Å². The second-order valence-corrected chi connectivity index (χ2v) is 5.57. The van der Waals surface area contributed by atoms with E-state index in [-0.39, 0.29) is 11.6 Å². The number of urea groups is 1. The summed E-state index contributed by atoms with van der Waals surface area (Å²) in [5.41, 5.74) is 0.558. The van der Waals surface area contributed by atoms with Gasteiger partial charge in [-0.3, -0.25) is 0 Å². The van der Waals surface area contributed by atoms with Crippen LogP contribution in [0.3, 0.4) is 0 Å². The minimum absolute atomic E-state index is 0.126. The molecule has 19 heavy (non-hydrogen) atoms. The summed E-state index contributed by atoms with van der Waals surface area (Å²) < 4.78 is 0.636. The summed E-state index contributed by atoms with van der Waals surface area (Å²) in [6.45, 7) is 0.586. The number of carbonyl (C=O) groups excluding carboxylic acids is 1. The number of anilines is 1. The van der Waals surface area contributed by atoms with Crippen LogP contribution in [0.5, 0.6) is 0 Å². The van der Waals surface area contributed by atoms with Gasteiger partial charge >= 0.3 is 12.0 Å². The molecule has 5 nitrogen and oxygen atoms in total. The molecule has 0 spiro atoms. The van der Waals surface area contributed by atoms with Gasteiger partial charge in [-0.1, -0.05) is 0 Å². The van der Waals surface area contributed by atoms with Gasteiger partial charge in [-0.2, -0.15) is 11.8 Å². The van der Waals surface area contributed by atoms with Crippen molar-refractivity contribution in [2.45, 2.75) is 6.42 Å². The van der Waals surface area contributed by atoms with Crippen LogP contribution in [0.1, 0.15) is 16.8 Å². The molecule has 2 amide bonds. The minimum Gasteiger partial charge on any atom is -0.478 e. The fraction of sp³-hybridized carbons (Fsp3) is 0.333. The van der Waals surface area contributed by atoms with Crippen LogP contribution in [0.4, 0.5) is 10.5 Å². The molecule has 1 rings (SSSR count). The average Bonchev–Trinajstić information content (AvgIpc) is 2.37. The molecule has 0 saturated carbocycles. The maximum absolute atomic E-state index is 11.6. The van der Waals surface area contributed by atoms with E-state index in [2.05, 4.69) is 26.6 Å². The number of hydrogen-bond acceptors (Lipinski definition) is 3. The summed E-state index contributed by atoms with van der Waals surface area (Å²) in [4.78, 5) is 22.5. The van der Waals surface area contributed by atoms with Crippen LogP contribution in [-0.4, -0.2) is 35.7 Å². The third kappa shape index (κ3) is 5.52. The molecular formula is C12H15BrN2O3S. The fourth-order valence-electron chi connectivity index (χ4n) is 1.34. The van der Waals surface area contributed by atoms with E-state index in [1.165, 1.54) is 12.1 Å². The molecule has 0 saturated heterocycles. The zero-order valence-corrected chi connectivity index (χ0v) is 12.8. The van der Waals surface area contributed by atoms with E-state index in [0.717, 1.165) is 12.2 Å². The number of benzene rings is 1. The summed E-state index contributed by atoms with van der Waals surface area (Å²) >= 11 is 4.98. The zero-order chi connectivity index (χ0) is 14.3. The molecule has 3 N–H and O–H groups in total. The van der Waals surface area contributed by atoms with E-state index in [9.17, 15) is 9.59 Å². The van der Waals surface area contributed by atoms with Gasteiger partial charge in [0.1, 0.15) is 0 Å². The van der Waals surface area contributed by atoms with E-state index in [1.54, 1.807) is 17.8 Å². The molecule has 0 bridgehead atoms. The number of hydrogen-bond donors (Lipinski definition) is 3. The van der Waals surface area contributed by atoms with Gasteiger partial charge in [-0.05, 0) is 52.6 Å². The number of carbonyl (C=O) groups is 2. The highest BCUT2D eigenvalue weighted by molar-refractivity contribution is 9.10. The Hall–Kier alpha value is -1.21. The fourth-order valence-corrected chi connectivity index (χ4v) is 2.12. The highest BCUT2D eigenvalue weighted by atomic mass is 79.9. The van der Waals surface area contributed by atoms with Crippen molar-refractivity contribution in [2.75, 3.05) is 23.9 Å². The summed E-state index contributed by atoms with van der Waals surface area (Å²) in [5.74, 6) is -0.0470. The van der Waals surface area contributed by atoms with E-state index in [1.807, 2.05) is 6.26 Å². The molecule has 0 fully saturated rings. The molecule has 0 aromatic heterocycles. The first-order valence-electron chi connectivity index (χ1n) is 5.61. The Labute approximate surface area is 124 Å². The third-order valence-electron chi connectivity index (χ3n) is 2.27. The number of carboxylic acid groups (broad SMARTS) is 1. The van der Waals surface area contributed by atoms with E-state index < -0.39 is 5.97 Å². The molecule has 1 aromatic carbocycles. The second-order valence-electron chi connectivity index (χ2n) is 3.73. The second kappa shape index (κ2) is 8.06. The number of amides is 2. The molecule has 0 radical (unpaired) electrons. The SMILES string of the molecule is CSCCCNC(=O)Nc1cc(C(=O)O)ccc1Br. The van der Waals surface area contributed by atoms with Crippen molar-refractivity contribution in [1.29, 1.82) is 0 Å². The lowest BCUT2D eigenvalue weighted by molar-refractivity contribution is 0.0697. The zero-order valence-electron chi connectivity index (χ0n) is 10.4. The molecule has 0 atom stereocenters. The monoisotopic (exact) mass is 346 g/mol. The molecule has 0 aliphatic heterocycles. The Balaban J connectivity index is 2.58. The van der Waals surface area contributed by atoms with Gasteiger partial charge in [0.25, 0.3) is 0 Å². The Morgan fingerprint density at radius 3 is 2.79 bits per heavy atom. The topological polar surface area (TPSA) is 78.4 Å². The number of halogens is 1. The van der Waals surface area contributed by atoms with Gasteiger partial charge in [0.15, 0.2) is 0 Å². The van der Waals surface area contributed by atoms with Crippen LogP contribution in [-0.2, 0) is 0 Å². The highest BCUT2D eigenvalue weighted by Crippen LogP contribution is 2.23. The van der Waals surface area contributed by atoms with Crippen molar-refractivity contribution < 1.29 is 14.7 Å². The molecule has 0 heterocycles. The molecule has 0 aliphatic rings. The largest absolute Gasteiger partial charge is 0.478 e. The van der Waals surface area contributed by atoms with Crippen LogP contribution >= 0.6 is 27.7 Å². The first-order valence-corrected chi connectivity index (χ1v) is 7.80. The van der Waals surface area contributed by atoms with Crippen molar-refractivity contribution >= 4 is 45.4 Å². The molecule has 7 heteroatoms. The van der Waals surface area contributed by atoms with Gasteiger partial charge in [0, 0.05) is 11.0 Å². The lowest BCUT2D eigenvalue weighted by Crippen LogP contribution is -2.30. The Morgan fingerprint density at radius 1 is 1.42 bits per heavy atom. The number of nitrogens with one attached hydrogen (secondary N) is 2. The standard InChI is InChI=1S/C12H15BrN2O3S/c1-19-6-2-5-14-12(18)15-10-7-8(11(16)17)3-4-9(10)13/h3-4,7H,2,5-6H2,1H3,(H,16,17)(H2,14,15,18). The molecule has 1 aromatic rings. The van der Waals surface area contributed by atoms with E-state index >= 15 is 0 Å². The predicted molar refractivity (Wildman–Crippen MR) is 81.1 cm³/mol. The van der Waals surface area contributed by atoms with Crippen molar-refractivity contribution in [2.24, 2.45) is 0 Å². The predicted octanol–water partition coefficient (Wildman–Crippen LogP) is 3.02. The maximum Gasteiger partial charge on any atom is 0.335 e.